The number of benzene rings is 1. The summed E-state index contributed by atoms with van der Waals surface area (Å²) in [5, 5.41) is 0. The maximum absolute atomic E-state index is 2.33. The fraction of sp³-hybridized carbons (Fsp3) is 0.455. The molecular weight excluding hydrogens is 292 g/mol. The Morgan fingerprint density at radius 3 is 2.62 bits per heavy atom. The molecule has 0 fully saturated rings. The van der Waals surface area contributed by atoms with Crippen molar-refractivity contribution in [2.75, 3.05) is 6.26 Å². The summed E-state index contributed by atoms with van der Waals surface area (Å²) in [6.07, 6.45) is 2.17. The Morgan fingerprint density at radius 1 is 1.31 bits per heavy atom. The van der Waals surface area contributed by atoms with E-state index in [0.29, 0.717) is 0 Å². The van der Waals surface area contributed by atoms with Gasteiger partial charge in [0.1, 0.15) is 0 Å². The van der Waals surface area contributed by atoms with E-state index in [9.17, 15) is 0 Å². The Labute approximate surface area is 95.6 Å². The monoisotopic (exact) mass is 310 g/mol. The minimum absolute atomic E-state index is 0.0404. The van der Waals surface area contributed by atoms with Gasteiger partial charge in [0.25, 0.3) is 0 Å². The van der Waals surface area contributed by atoms with Crippen LogP contribution in [0.3, 0.4) is 0 Å². The van der Waals surface area contributed by atoms with E-state index in [0.717, 1.165) is 3.97 Å². The summed E-state index contributed by atoms with van der Waals surface area (Å²) in [4.78, 5) is 0. The first-order valence-electron chi connectivity index (χ1n) is 4.47. The zero-order valence-corrected chi connectivity index (χ0v) is 11.6. The fourth-order valence-electron chi connectivity index (χ4n) is 1.15. The first-order valence-corrected chi connectivity index (χ1v) is 8.38. The van der Waals surface area contributed by atoms with E-state index in [1.54, 1.807) is 9.17 Å². The van der Waals surface area contributed by atoms with Crippen molar-refractivity contribution in [1.82, 2.24) is 0 Å². The molecule has 72 valence electrons. The van der Waals surface area contributed by atoms with Gasteiger partial charge in [-0.05, 0) is 0 Å². The van der Waals surface area contributed by atoms with Crippen LogP contribution in [0.15, 0.2) is 24.3 Å². The van der Waals surface area contributed by atoms with Crippen LogP contribution in [0.2, 0.25) is 3.97 Å². The van der Waals surface area contributed by atoms with Gasteiger partial charge >= 0.3 is 95.9 Å². The van der Waals surface area contributed by atoms with Crippen molar-refractivity contribution < 1.29 is 0 Å². The van der Waals surface area contributed by atoms with Crippen LogP contribution in [0.1, 0.15) is 19.4 Å². The van der Waals surface area contributed by atoms with Gasteiger partial charge in [0.15, 0.2) is 0 Å². The molecule has 1 rings (SSSR count). The van der Waals surface area contributed by atoms with Crippen LogP contribution in [0, 0.1) is 0 Å². The second-order valence-corrected chi connectivity index (χ2v) is 8.69. The predicted molar refractivity (Wildman–Crippen MR) is 64.1 cm³/mol. The summed E-state index contributed by atoms with van der Waals surface area (Å²) in [5.41, 5.74) is 1.56. The quantitative estimate of drug-likeness (QED) is 0.771. The molecule has 0 aliphatic carbocycles. The summed E-state index contributed by atoms with van der Waals surface area (Å²) in [6.45, 7) is 4.66. The van der Waals surface area contributed by atoms with Gasteiger partial charge in [0, 0.05) is 0 Å². The maximum atomic E-state index is 2.33. The normalized spacial score (nSPS) is 10.8. The molecule has 1 aromatic carbocycles. The standard InChI is InChI=1S/C11H16STe/c1-9(2)13-11-7-5-4-6-10(11)8-12-3/h4-7,9H,8H2,1-3H3. The van der Waals surface area contributed by atoms with Gasteiger partial charge < -0.3 is 0 Å². The predicted octanol–water partition coefficient (Wildman–Crippen LogP) is 2.71. The van der Waals surface area contributed by atoms with Gasteiger partial charge in [0.2, 0.25) is 0 Å². The second-order valence-electron chi connectivity index (χ2n) is 3.21. The third-order valence-electron chi connectivity index (χ3n) is 1.64. The van der Waals surface area contributed by atoms with Crippen LogP contribution in [0.4, 0.5) is 0 Å². The van der Waals surface area contributed by atoms with Crippen molar-refractivity contribution >= 4 is 36.3 Å². The number of thioether (sulfide) groups is 1. The Balaban J connectivity index is 2.78. The number of hydrogen-bond donors (Lipinski definition) is 0. The average Bonchev–Trinajstić information content (AvgIpc) is 2.08. The van der Waals surface area contributed by atoms with E-state index in [1.807, 2.05) is 11.8 Å². The molecule has 0 aliphatic heterocycles. The summed E-state index contributed by atoms with van der Waals surface area (Å²) in [7, 11) is 0. The molecule has 0 saturated heterocycles. The molecule has 0 unspecified atom stereocenters. The van der Waals surface area contributed by atoms with E-state index in [2.05, 4.69) is 44.4 Å². The van der Waals surface area contributed by atoms with Crippen LogP contribution in [-0.4, -0.2) is 27.2 Å². The molecule has 0 atom stereocenters. The molecule has 1 aromatic rings. The molecule has 0 aromatic heterocycles. The molecule has 0 amide bonds. The molecular formula is C11H16STe. The molecule has 0 heterocycles. The van der Waals surface area contributed by atoms with Crippen molar-refractivity contribution in [3.63, 3.8) is 0 Å². The van der Waals surface area contributed by atoms with Gasteiger partial charge in [-0.2, -0.15) is 0 Å². The first kappa shape index (κ1) is 11.4. The summed E-state index contributed by atoms with van der Waals surface area (Å²) >= 11 is 1.96. The van der Waals surface area contributed by atoms with Crippen LogP contribution in [0.5, 0.6) is 0 Å². The second kappa shape index (κ2) is 5.96. The molecule has 13 heavy (non-hydrogen) atoms. The number of rotatable bonds is 4. The molecule has 0 N–H and O–H groups in total. The zero-order chi connectivity index (χ0) is 9.68. The molecule has 0 bridgehead atoms. The number of hydrogen-bond acceptors (Lipinski definition) is 1. The topological polar surface area (TPSA) is 0 Å². The average molecular weight is 308 g/mol. The van der Waals surface area contributed by atoms with Crippen molar-refractivity contribution in [3.05, 3.63) is 29.8 Å². The zero-order valence-electron chi connectivity index (χ0n) is 8.41. The van der Waals surface area contributed by atoms with Crippen LogP contribution in [0.25, 0.3) is 0 Å². The van der Waals surface area contributed by atoms with E-state index < -0.39 is 0 Å². The molecule has 2 heteroatoms. The van der Waals surface area contributed by atoms with Crippen LogP contribution >= 0.6 is 11.8 Å². The third kappa shape index (κ3) is 3.94. The van der Waals surface area contributed by atoms with Crippen molar-refractivity contribution in [2.24, 2.45) is 0 Å². The van der Waals surface area contributed by atoms with Crippen molar-refractivity contribution in [1.29, 1.82) is 0 Å². The van der Waals surface area contributed by atoms with Crippen molar-refractivity contribution in [2.45, 2.75) is 23.6 Å². The minimum atomic E-state index is 0.0404. The molecule has 0 spiro atoms. The van der Waals surface area contributed by atoms with E-state index in [-0.39, 0.29) is 20.9 Å². The molecule has 0 nitrogen and oxygen atoms in total. The van der Waals surface area contributed by atoms with Gasteiger partial charge in [-0.25, -0.2) is 0 Å². The fourth-order valence-corrected chi connectivity index (χ4v) is 4.73. The Kier molecular flexibility index (Phi) is 5.24. The Bertz CT molecular complexity index is 258. The van der Waals surface area contributed by atoms with E-state index >= 15 is 0 Å². The van der Waals surface area contributed by atoms with E-state index in [1.165, 1.54) is 5.75 Å². The molecule has 0 radical (unpaired) electrons. The Hall–Kier alpha value is 0.360. The van der Waals surface area contributed by atoms with E-state index in [4.69, 9.17) is 0 Å². The van der Waals surface area contributed by atoms with Gasteiger partial charge in [-0.3, -0.25) is 0 Å². The summed E-state index contributed by atoms with van der Waals surface area (Å²) in [5.74, 6) is 1.17. The summed E-state index contributed by atoms with van der Waals surface area (Å²) < 4.78 is 2.53. The molecule has 0 saturated carbocycles. The van der Waals surface area contributed by atoms with Crippen LogP contribution in [-0.2, 0) is 5.75 Å². The van der Waals surface area contributed by atoms with Crippen molar-refractivity contribution in [3.8, 4) is 0 Å². The van der Waals surface area contributed by atoms with Crippen LogP contribution < -0.4 is 3.61 Å². The van der Waals surface area contributed by atoms with Gasteiger partial charge in [-0.15, -0.1) is 0 Å². The third-order valence-corrected chi connectivity index (χ3v) is 5.44. The molecule has 0 aliphatic rings. The summed E-state index contributed by atoms with van der Waals surface area (Å²) in [6, 6.07) is 8.92. The van der Waals surface area contributed by atoms with Gasteiger partial charge in [-0.1, -0.05) is 0 Å². The Morgan fingerprint density at radius 2 is 2.00 bits per heavy atom. The SMILES string of the molecule is CSCc1ccccc1[Te]C(C)C. The van der Waals surface area contributed by atoms with Gasteiger partial charge in [0.05, 0.1) is 0 Å². The first-order chi connectivity index (χ1) is 6.24.